The van der Waals surface area contributed by atoms with Crippen molar-refractivity contribution in [3.8, 4) is 5.88 Å². The molecule has 2 heterocycles. The van der Waals surface area contributed by atoms with Crippen LogP contribution in [0, 0.1) is 5.41 Å². The van der Waals surface area contributed by atoms with E-state index >= 15 is 0 Å². The van der Waals surface area contributed by atoms with Gasteiger partial charge >= 0.3 is 5.97 Å². The number of anilines is 1. The number of hydrogen-bond donors (Lipinski definition) is 1. The van der Waals surface area contributed by atoms with Crippen molar-refractivity contribution in [1.29, 1.82) is 0 Å². The van der Waals surface area contributed by atoms with E-state index in [1.165, 1.54) is 0 Å². The highest BCUT2D eigenvalue weighted by Crippen LogP contribution is 2.38. The molecule has 1 N–H and O–H groups in total. The summed E-state index contributed by atoms with van der Waals surface area (Å²) in [6, 6.07) is 0. The van der Waals surface area contributed by atoms with Gasteiger partial charge in [0.25, 0.3) is 5.88 Å². The van der Waals surface area contributed by atoms with Crippen LogP contribution in [-0.2, 0) is 9.53 Å². The molecule has 7 heteroatoms. The van der Waals surface area contributed by atoms with Gasteiger partial charge in [-0.2, -0.15) is 0 Å². The van der Waals surface area contributed by atoms with E-state index in [9.17, 15) is 9.90 Å². The van der Waals surface area contributed by atoms with Crippen LogP contribution < -0.4 is 9.64 Å². The van der Waals surface area contributed by atoms with Crippen molar-refractivity contribution in [1.82, 2.24) is 9.97 Å². The fraction of sp³-hybridized carbons (Fsp3) is 0.667. The van der Waals surface area contributed by atoms with Gasteiger partial charge in [0.2, 0.25) is 0 Å². The molecule has 2 rings (SSSR count). The normalized spacial score (nSPS) is 21.6. The Kier molecular flexibility index (Phi) is 5.54. The van der Waals surface area contributed by atoms with Gasteiger partial charge in [0.1, 0.15) is 0 Å². The Balaban J connectivity index is 2.19. The number of methoxy groups -OCH3 is 2. The number of piperidine rings is 1. The number of aromatic nitrogens is 2. The summed E-state index contributed by atoms with van der Waals surface area (Å²) in [6.07, 6.45) is 5.96. The van der Waals surface area contributed by atoms with Crippen molar-refractivity contribution < 1.29 is 19.4 Å². The summed E-state index contributed by atoms with van der Waals surface area (Å²) in [5.74, 6) is 0.291. The van der Waals surface area contributed by atoms with Gasteiger partial charge in [0.15, 0.2) is 5.82 Å². The number of hydrogen-bond acceptors (Lipinski definition) is 6. The number of rotatable bonds is 7. The molecule has 1 aliphatic rings. The van der Waals surface area contributed by atoms with E-state index in [4.69, 9.17) is 9.47 Å². The standard InChI is InChI=1S/C15H23N3O4/c1-21-10-4-6-15(14(19)20)5-3-9-18(11-15)12-13(22-2)17-8-7-16-12/h7-8H,3-6,9-11H2,1-2H3,(H,19,20)/t15-/m0/s1. The van der Waals surface area contributed by atoms with Crippen molar-refractivity contribution in [3.63, 3.8) is 0 Å². The topological polar surface area (TPSA) is 84.8 Å². The van der Waals surface area contributed by atoms with Crippen LogP contribution >= 0.6 is 0 Å². The Morgan fingerprint density at radius 3 is 2.86 bits per heavy atom. The third-order valence-electron chi connectivity index (χ3n) is 4.17. The molecule has 0 aliphatic carbocycles. The summed E-state index contributed by atoms with van der Waals surface area (Å²) < 4.78 is 10.3. The van der Waals surface area contributed by atoms with Gasteiger partial charge < -0.3 is 19.5 Å². The van der Waals surface area contributed by atoms with Crippen LogP contribution in [0.2, 0.25) is 0 Å². The zero-order chi connectivity index (χ0) is 16.0. The molecule has 0 bridgehead atoms. The Morgan fingerprint density at radius 1 is 1.41 bits per heavy atom. The van der Waals surface area contributed by atoms with Gasteiger partial charge in [-0.1, -0.05) is 0 Å². The zero-order valence-corrected chi connectivity index (χ0v) is 13.1. The first-order valence-electron chi connectivity index (χ1n) is 7.45. The highest BCUT2D eigenvalue weighted by atomic mass is 16.5. The molecule has 122 valence electrons. The molecule has 1 aromatic rings. The van der Waals surface area contributed by atoms with Crippen molar-refractivity contribution >= 4 is 11.8 Å². The number of ether oxygens (including phenoxy) is 2. The summed E-state index contributed by atoms with van der Waals surface area (Å²) in [6.45, 7) is 1.75. The quantitative estimate of drug-likeness (QED) is 0.765. The molecular weight excluding hydrogens is 286 g/mol. The van der Waals surface area contributed by atoms with Crippen LogP contribution in [0.25, 0.3) is 0 Å². The van der Waals surface area contributed by atoms with Gasteiger partial charge in [-0.15, -0.1) is 0 Å². The molecule has 1 atom stereocenters. The van der Waals surface area contributed by atoms with Crippen LogP contribution in [0.15, 0.2) is 12.4 Å². The molecule has 1 saturated heterocycles. The molecule has 1 aliphatic heterocycles. The van der Waals surface area contributed by atoms with E-state index in [0.717, 1.165) is 19.4 Å². The van der Waals surface area contributed by atoms with Gasteiger partial charge in [-0.05, 0) is 25.7 Å². The lowest BCUT2D eigenvalue weighted by molar-refractivity contribution is -0.150. The molecular formula is C15H23N3O4. The summed E-state index contributed by atoms with van der Waals surface area (Å²) in [5, 5.41) is 9.74. The monoisotopic (exact) mass is 309 g/mol. The Morgan fingerprint density at radius 2 is 2.18 bits per heavy atom. The van der Waals surface area contributed by atoms with E-state index in [0.29, 0.717) is 37.7 Å². The first-order valence-corrected chi connectivity index (χ1v) is 7.45. The Labute approximate surface area is 130 Å². The molecule has 0 unspecified atom stereocenters. The third kappa shape index (κ3) is 3.47. The van der Waals surface area contributed by atoms with Crippen LogP contribution in [0.5, 0.6) is 5.88 Å². The second-order valence-corrected chi connectivity index (χ2v) is 5.60. The second-order valence-electron chi connectivity index (χ2n) is 5.60. The number of aliphatic carboxylic acids is 1. The van der Waals surface area contributed by atoms with E-state index in [2.05, 4.69) is 9.97 Å². The minimum absolute atomic E-state index is 0.418. The lowest BCUT2D eigenvalue weighted by Gasteiger charge is -2.40. The molecule has 0 amide bonds. The smallest absolute Gasteiger partial charge is 0.311 e. The molecule has 0 spiro atoms. The van der Waals surface area contributed by atoms with E-state index in [1.54, 1.807) is 26.6 Å². The average Bonchev–Trinajstić information content (AvgIpc) is 2.55. The predicted octanol–water partition coefficient (Wildman–Crippen LogP) is 1.58. The van der Waals surface area contributed by atoms with Gasteiger partial charge in [-0.3, -0.25) is 4.79 Å². The second kappa shape index (κ2) is 7.40. The number of carboxylic acids is 1. The van der Waals surface area contributed by atoms with Crippen LogP contribution in [0.3, 0.4) is 0 Å². The molecule has 1 aromatic heterocycles. The van der Waals surface area contributed by atoms with Crippen molar-refractivity contribution in [2.45, 2.75) is 25.7 Å². The first-order chi connectivity index (χ1) is 10.6. The SMILES string of the molecule is COCCC[C@@]1(C(=O)O)CCCN(c2nccnc2OC)C1. The largest absolute Gasteiger partial charge is 0.481 e. The van der Waals surface area contributed by atoms with Crippen molar-refractivity contribution in [2.24, 2.45) is 5.41 Å². The maximum Gasteiger partial charge on any atom is 0.311 e. The molecule has 7 nitrogen and oxygen atoms in total. The molecule has 1 fully saturated rings. The highest BCUT2D eigenvalue weighted by molar-refractivity contribution is 5.76. The van der Waals surface area contributed by atoms with Crippen LogP contribution in [-0.4, -0.2) is 55.0 Å². The number of nitrogens with zero attached hydrogens (tertiary/aromatic N) is 3. The van der Waals surface area contributed by atoms with E-state index < -0.39 is 11.4 Å². The molecule has 22 heavy (non-hydrogen) atoms. The summed E-state index contributed by atoms with van der Waals surface area (Å²) in [7, 11) is 3.17. The Hall–Kier alpha value is -1.89. The highest BCUT2D eigenvalue weighted by Gasteiger charge is 2.42. The number of carboxylic acid groups (broad SMARTS) is 1. The minimum atomic E-state index is -0.765. The van der Waals surface area contributed by atoms with Crippen molar-refractivity contribution in [2.75, 3.05) is 38.8 Å². The molecule has 0 radical (unpaired) electrons. The van der Waals surface area contributed by atoms with Crippen LogP contribution in [0.1, 0.15) is 25.7 Å². The van der Waals surface area contributed by atoms with Crippen LogP contribution in [0.4, 0.5) is 5.82 Å². The summed E-state index contributed by atoms with van der Waals surface area (Å²) >= 11 is 0. The summed E-state index contributed by atoms with van der Waals surface area (Å²) in [5.41, 5.74) is -0.765. The van der Waals surface area contributed by atoms with Gasteiger partial charge in [0, 0.05) is 39.2 Å². The van der Waals surface area contributed by atoms with E-state index in [1.807, 2.05) is 4.90 Å². The van der Waals surface area contributed by atoms with Gasteiger partial charge in [-0.25, -0.2) is 9.97 Å². The van der Waals surface area contributed by atoms with E-state index in [-0.39, 0.29) is 0 Å². The number of carbonyl (C=O) groups is 1. The maximum atomic E-state index is 11.9. The first kappa shape index (κ1) is 16.5. The third-order valence-corrected chi connectivity index (χ3v) is 4.17. The molecule has 0 saturated carbocycles. The average molecular weight is 309 g/mol. The maximum absolute atomic E-state index is 11.9. The van der Waals surface area contributed by atoms with Crippen molar-refractivity contribution in [3.05, 3.63) is 12.4 Å². The molecule has 0 aromatic carbocycles. The fourth-order valence-electron chi connectivity index (χ4n) is 3.03. The minimum Gasteiger partial charge on any atom is -0.481 e. The Bertz CT molecular complexity index is 511. The fourth-order valence-corrected chi connectivity index (χ4v) is 3.03. The lowest BCUT2D eigenvalue weighted by Crippen LogP contribution is -2.48. The zero-order valence-electron chi connectivity index (χ0n) is 13.1. The summed E-state index contributed by atoms with van der Waals surface area (Å²) in [4.78, 5) is 22.3. The predicted molar refractivity (Wildman–Crippen MR) is 81.2 cm³/mol. The van der Waals surface area contributed by atoms with Gasteiger partial charge in [0.05, 0.1) is 12.5 Å². The lowest BCUT2D eigenvalue weighted by atomic mass is 9.76.